The summed E-state index contributed by atoms with van der Waals surface area (Å²) >= 11 is 0. The summed E-state index contributed by atoms with van der Waals surface area (Å²) in [6.45, 7) is 0. The average molecular weight is 171 g/mol. The lowest BCUT2D eigenvalue weighted by Gasteiger charge is -1.94. The normalized spacial score (nSPS) is 9.77. The highest BCUT2D eigenvalue weighted by Gasteiger charge is 2.00. The van der Waals surface area contributed by atoms with Gasteiger partial charge < -0.3 is 4.42 Å². The van der Waals surface area contributed by atoms with Crippen LogP contribution in [0.2, 0.25) is 0 Å². The van der Waals surface area contributed by atoms with Crippen molar-refractivity contribution in [2.75, 3.05) is 0 Å². The Hall–Kier alpha value is -2.15. The van der Waals surface area contributed by atoms with Crippen molar-refractivity contribution in [1.29, 1.82) is 10.7 Å². The maximum atomic E-state index is 8.53. The maximum absolute atomic E-state index is 8.53. The van der Waals surface area contributed by atoms with Crippen molar-refractivity contribution in [2.24, 2.45) is 0 Å². The molecule has 0 atom stereocenters. The molecule has 4 nitrogen and oxygen atoms in total. The van der Waals surface area contributed by atoms with Crippen LogP contribution in [0.4, 0.5) is 0 Å². The smallest absolute Gasteiger partial charge is 0.302 e. The van der Waals surface area contributed by atoms with E-state index in [0.717, 1.165) is 0 Å². The number of benzene rings is 1. The van der Waals surface area contributed by atoms with Crippen LogP contribution in [0.25, 0.3) is 10.9 Å². The largest absolute Gasteiger partial charge is 0.412 e. The predicted molar refractivity (Wildman–Crippen MR) is 44.6 cm³/mol. The molecule has 1 aromatic carbocycles. The highest BCUT2D eigenvalue weighted by atomic mass is 16.3. The minimum Gasteiger partial charge on any atom is -0.412 e. The van der Waals surface area contributed by atoms with Gasteiger partial charge in [-0.2, -0.15) is 5.26 Å². The molecule has 0 fully saturated rings. The standard InChI is InChI=1S/C9H5N3O/c10-5-8-12-7-4-2-1-3-6(7)9(11)13-8/h1-4,11H. The molecule has 0 aliphatic carbocycles. The van der Waals surface area contributed by atoms with Crippen molar-refractivity contribution in [3.63, 3.8) is 0 Å². The Morgan fingerprint density at radius 2 is 2.15 bits per heavy atom. The molecule has 0 unspecified atom stereocenters. The Morgan fingerprint density at radius 1 is 1.38 bits per heavy atom. The van der Waals surface area contributed by atoms with Crippen molar-refractivity contribution in [2.45, 2.75) is 0 Å². The third-order valence-electron chi connectivity index (χ3n) is 1.67. The van der Waals surface area contributed by atoms with Crippen LogP contribution in [0.5, 0.6) is 0 Å². The van der Waals surface area contributed by atoms with Gasteiger partial charge in [0, 0.05) is 0 Å². The van der Waals surface area contributed by atoms with Crippen molar-refractivity contribution in [3.8, 4) is 6.07 Å². The number of rotatable bonds is 0. The first kappa shape index (κ1) is 7.50. The van der Waals surface area contributed by atoms with E-state index in [1.165, 1.54) is 0 Å². The van der Waals surface area contributed by atoms with Crippen LogP contribution in [0.1, 0.15) is 5.89 Å². The minimum absolute atomic E-state index is 0.0258. The first-order valence-corrected chi connectivity index (χ1v) is 3.66. The van der Waals surface area contributed by atoms with Crippen molar-refractivity contribution in [3.05, 3.63) is 35.7 Å². The zero-order chi connectivity index (χ0) is 9.26. The fourth-order valence-corrected chi connectivity index (χ4v) is 1.09. The molecule has 0 saturated carbocycles. The first-order chi connectivity index (χ1) is 6.31. The molecule has 2 rings (SSSR count). The second-order valence-corrected chi connectivity index (χ2v) is 2.48. The molecule has 4 heteroatoms. The number of hydrogen-bond acceptors (Lipinski definition) is 4. The van der Waals surface area contributed by atoms with Gasteiger partial charge in [-0.05, 0) is 12.1 Å². The Kier molecular flexibility index (Phi) is 1.57. The molecule has 0 spiro atoms. The van der Waals surface area contributed by atoms with Gasteiger partial charge in [0.05, 0.1) is 10.9 Å². The van der Waals surface area contributed by atoms with Gasteiger partial charge in [-0.15, -0.1) is 0 Å². The van der Waals surface area contributed by atoms with E-state index in [1.807, 2.05) is 0 Å². The lowest BCUT2D eigenvalue weighted by Crippen LogP contribution is -2.02. The third-order valence-corrected chi connectivity index (χ3v) is 1.67. The first-order valence-electron chi connectivity index (χ1n) is 3.66. The lowest BCUT2D eigenvalue weighted by molar-refractivity contribution is 0.465. The van der Waals surface area contributed by atoms with Crippen LogP contribution < -0.4 is 5.55 Å². The van der Waals surface area contributed by atoms with E-state index in [-0.39, 0.29) is 11.4 Å². The van der Waals surface area contributed by atoms with E-state index in [1.54, 1.807) is 30.3 Å². The minimum atomic E-state index is -0.0799. The zero-order valence-electron chi connectivity index (χ0n) is 6.61. The number of para-hydroxylation sites is 1. The Morgan fingerprint density at radius 3 is 2.92 bits per heavy atom. The van der Waals surface area contributed by atoms with E-state index in [9.17, 15) is 0 Å². The summed E-state index contributed by atoms with van der Waals surface area (Å²) in [6, 6.07) is 8.83. The van der Waals surface area contributed by atoms with E-state index in [4.69, 9.17) is 15.1 Å². The maximum Gasteiger partial charge on any atom is 0.302 e. The fraction of sp³-hybridized carbons (Fsp3) is 0. The summed E-state index contributed by atoms with van der Waals surface area (Å²) in [5.74, 6) is -0.0799. The highest BCUT2D eigenvalue weighted by Crippen LogP contribution is 2.05. The molecule has 1 heterocycles. The van der Waals surface area contributed by atoms with E-state index < -0.39 is 0 Å². The van der Waals surface area contributed by atoms with Gasteiger partial charge in [-0.3, -0.25) is 5.41 Å². The van der Waals surface area contributed by atoms with Crippen LogP contribution in [0, 0.1) is 16.7 Å². The van der Waals surface area contributed by atoms with Crippen LogP contribution in [-0.2, 0) is 0 Å². The predicted octanol–water partition coefficient (Wildman–Crippen LogP) is 1.18. The van der Waals surface area contributed by atoms with Crippen molar-refractivity contribution < 1.29 is 4.42 Å². The van der Waals surface area contributed by atoms with Gasteiger partial charge >= 0.3 is 5.89 Å². The molecule has 1 N–H and O–H groups in total. The van der Waals surface area contributed by atoms with Crippen molar-refractivity contribution in [1.82, 2.24) is 4.98 Å². The van der Waals surface area contributed by atoms with Gasteiger partial charge in [0.25, 0.3) is 0 Å². The van der Waals surface area contributed by atoms with Crippen LogP contribution in [0.15, 0.2) is 28.7 Å². The molecule has 0 amide bonds. The number of nitrogens with one attached hydrogen (secondary N) is 1. The average Bonchev–Trinajstić information content (AvgIpc) is 2.18. The second-order valence-electron chi connectivity index (χ2n) is 2.48. The molecule has 62 valence electrons. The highest BCUT2D eigenvalue weighted by molar-refractivity contribution is 5.76. The molecule has 0 bridgehead atoms. The number of nitrogens with zero attached hydrogens (tertiary/aromatic N) is 2. The lowest BCUT2D eigenvalue weighted by atomic mass is 10.2. The van der Waals surface area contributed by atoms with Crippen molar-refractivity contribution >= 4 is 10.9 Å². The van der Waals surface area contributed by atoms with Crippen LogP contribution in [-0.4, -0.2) is 4.98 Å². The van der Waals surface area contributed by atoms with Gasteiger partial charge in [0.15, 0.2) is 6.07 Å². The molecule has 0 aliphatic rings. The van der Waals surface area contributed by atoms with Gasteiger partial charge in [-0.1, -0.05) is 12.1 Å². The Labute approximate surface area is 73.6 Å². The fourth-order valence-electron chi connectivity index (χ4n) is 1.09. The molecule has 0 saturated heterocycles. The molecular formula is C9H5N3O. The van der Waals surface area contributed by atoms with E-state index >= 15 is 0 Å². The molecular weight excluding hydrogens is 166 g/mol. The molecule has 13 heavy (non-hydrogen) atoms. The summed E-state index contributed by atoms with van der Waals surface area (Å²) in [5, 5.41) is 16.6. The number of fused-ring (bicyclic) bond motifs is 1. The summed E-state index contributed by atoms with van der Waals surface area (Å²) < 4.78 is 4.83. The number of aromatic nitrogens is 1. The van der Waals surface area contributed by atoms with Crippen LogP contribution >= 0.6 is 0 Å². The molecule has 0 radical (unpaired) electrons. The molecule has 1 aromatic heterocycles. The summed E-state index contributed by atoms with van der Waals surface area (Å²) in [5.41, 5.74) is 0.581. The van der Waals surface area contributed by atoms with Gasteiger partial charge in [0.2, 0.25) is 5.55 Å². The SMILES string of the molecule is N#Cc1nc2ccccc2c(=N)o1. The number of nitriles is 1. The summed E-state index contributed by atoms with van der Waals surface area (Å²) in [7, 11) is 0. The quantitative estimate of drug-likeness (QED) is 0.646. The van der Waals surface area contributed by atoms with E-state index in [0.29, 0.717) is 10.9 Å². The molecule has 2 aromatic rings. The zero-order valence-corrected chi connectivity index (χ0v) is 6.61. The monoisotopic (exact) mass is 171 g/mol. The molecule has 0 aliphatic heterocycles. The van der Waals surface area contributed by atoms with Gasteiger partial charge in [0.1, 0.15) is 0 Å². The van der Waals surface area contributed by atoms with Crippen LogP contribution in [0.3, 0.4) is 0 Å². The topological polar surface area (TPSA) is 73.7 Å². The summed E-state index contributed by atoms with van der Waals surface area (Å²) in [4.78, 5) is 3.91. The Balaban J connectivity index is 2.95. The Bertz CT molecular complexity index is 551. The third kappa shape index (κ3) is 1.16. The van der Waals surface area contributed by atoms with Gasteiger partial charge in [-0.25, -0.2) is 4.98 Å². The van der Waals surface area contributed by atoms with E-state index in [2.05, 4.69) is 4.98 Å². The number of hydrogen-bond donors (Lipinski definition) is 1. The summed E-state index contributed by atoms with van der Waals surface area (Å²) in [6.07, 6.45) is 0. The second kappa shape index (κ2) is 2.72.